The number of halogens is 1. The molecular formula is C19H23ClN2O3S. The standard InChI is InChI=1S/C19H23ClN2O3S/c1-3-15-7-11-18(12-8-15)26(24,25)22(4-2)14-19(23)21-13-16-5-9-17(20)10-6-16/h5-12H,3-4,13-14H2,1-2H3,(H,21,23). The number of rotatable bonds is 8. The number of carbonyl (C=O) groups excluding carboxylic acids is 1. The normalized spacial score (nSPS) is 11.5. The van der Waals surface area contributed by atoms with Crippen molar-refractivity contribution in [2.45, 2.75) is 31.7 Å². The van der Waals surface area contributed by atoms with Gasteiger partial charge < -0.3 is 5.32 Å². The van der Waals surface area contributed by atoms with Gasteiger partial charge in [0.25, 0.3) is 0 Å². The molecule has 0 spiro atoms. The number of amides is 1. The van der Waals surface area contributed by atoms with Crippen molar-refractivity contribution < 1.29 is 13.2 Å². The Balaban J connectivity index is 2.01. The lowest BCUT2D eigenvalue weighted by Gasteiger charge is -2.20. The molecule has 0 atom stereocenters. The van der Waals surface area contributed by atoms with E-state index in [9.17, 15) is 13.2 Å². The SMILES string of the molecule is CCc1ccc(S(=O)(=O)N(CC)CC(=O)NCc2ccc(Cl)cc2)cc1. The van der Waals surface area contributed by atoms with Gasteiger partial charge in [-0.2, -0.15) is 4.31 Å². The second-order valence-corrected chi connectivity index (χ2v) is 8.21. The first-order chi connectivity index (χ1) is 12.4. The van der Waals surface area contributed by atoms with Crippen LogP contribution in [-0.4, -0.2) is 31.7 Å². The van der Waals surface area contributed by atoms with E-state index in [4.69, 9.17) is 11.6 Å². The first-order valence-corrected chi connectivity index (χ1v) is 10.3. The highest BCUT2D eigenvalue weighted by molar-refractivity contribution is 7.89. The van der Waals surface area contributed by atoms with Crippen LogP contribution in [0.5, 0.6) is 0 Å². The van der Waals surface area contributed by atoms with Gasteiger partial charge in [0.2, 0.25) is 15.9 Å². The summed E-state index contributed by atoms with van der Waals surface area (Å²) in [7, 11) is -3.70. The predicted molar refractivity (Wildman–Crippen MR) is 104 cm³/mol. The number of benzene rings is 2. The van der Waals surface area contributed by atoms with Gasteiger partial charge in [0, 0.05) is 18.1 Å². The molecule has 0 radical (unpaired) electrons. The van der Waals surface area contributed by atoms with Gasteiger partial charge in [-0.3, -0.25) is 4.79 Å². The molecule has 7 heteroatoms. The monoisotopic (exact) mass is 394 g/mol. The fourth-order valence-corrected chi connectivity index (χ4v) is 3.96. The number of nitrogens with one attached hydrogen (secondary N) is 1. The van der Waals surface area contributed by atoms with E-state index in [-0.39, 0.29) is 23.9 Å². The second-order valence-electron chi connectivity index (χ2n) is 5.83. The smallest absolute Gasteiger partial charge is 0.243 e. The van der Waals surface area contributed by atoms with Crippen LogP contribution in [0.25, 0.3) is 0 Å². The van der Waals surface area contributed by atoms with Crippen molar-refractivity contribution in [1.29, 1.82) is 0 Å². The van der Waals surface area contributed by atoms with Crippen LogP contribution in [0, 0.1) is 0 Å². The Morgan fingerprint density at radius 1 is 1.00 bits per heavy atom. The topological polar surface area (TPSA) is 66.5 Å². The molecule has 1 N–H and O–H groups in total. The third-order valence-corrected chi connectivity index (χ3v) is 6.23. The zero-order chi connectivity index (χ0) is 19.2. The first-order valence-electron chi connectivity index (χ1n) is 8.47. The average Bonchev–Trinajstić information content (AvgIpc) is 2.65. The van der Waals surface area contributed by atoms with E-state index in [1.165, 1.54) is 4.31 Å². The molecule has 2 aromatic carbocycles. The fraction of sp³-hybridized carbons (Fsp3) is 0.316. The Kier molecular flexibility index (Phi) is 7.20. The van der Waals surface area contributed by atoms with Crippen molar-refractivity contribution in [2.24, 2.45) is 0 Å². The predicted octanol–water partition coefficient (Wildman–Crippen LogP) is 3.23. The summed E-state index contributed by atoms with van der Waals surface area (Å²) >= 11 is 5.83. The highest BCUT2D eigenvalue weighted by Crippen LogP contribution is 2.16. The molecule has 0 saturated carbocycles. The Morgan fingerprint density at radius 3 is 2.12 bits per heavy atom. The van der Waals surface area contributed by atoms with Crippen LogP contribution >= 0.6 is 11.6 Å². The average molecular weight is 395 g/mol. The van der Waals surface area contributed by atoms with Gasteiger partial charge in [-0.05, 0) is 41.8 Å². The molecule has 0 bridgehead atoms. The molecule has 0 aliphatic heterocycles. The van der Waals surface area contributed by atoms with Crippen LogP contribution in [0.4, 0.5) is 0 Å². The van der Waals surface area contributed by atoms with E-state index in [1.54, 1.807) is 43.3 Å². The zero-order valence-electron chi connectivity index (χ0n) is 14.9. The number of hydrogen-bond donors (Lipinski definition) is 1. The molecule has 0 aliphatic rings. The molecule has 0 heterocycles. The number of nitrogens with zero attached hydrogens (tertiary/aromatic N) is 1. The van der Waals surface area contributed by atoms with Crippen LogP contribution in [0.15, 0.2) is 53.4 Å². The minimum atomic E-state index is -3.70. The quantitative estimate of drug-likeness (QED) is 0.747. The maximum Gasteiger partial charge on any atom is 0.243 e. The lowest BCUT2D eigenvalue weighted by atomic mass is 10.2. The molecule has 0 aliphatic carbocycles. The highest BCUT2D eigenvalue weighted by atomic mass is 35.5. The van der Waals surface area contributed by atoms with Crippen LogP contribution < -0.4 is 5.32 Å². The summed E-state index contributed by atoms with van der Waals surface area (Å²) in [5, 5.41) is 3.36. The molecule has 140 valence electrons. The van der Waals surface area contributed by atoms with Crippen molar-refractivity contribution in [1.82, 2.24) is 9.62 Å². The summed E-state index contributed by atoms with van der Waals surface area (Å²) in [6.45, 7) is 4.03. The van der Waals surface area contributed by atoms with Gasteiger partial charge >= 0.3 is 0 Å². The van der Waals surface area contributed by atoms with Gasteiger partial charge in [-0.25, -0.2) is 8.42 Å². The number of hydrogen-bond acceptors (Lipinski definition) is 3. The van der Waals surface area contributed by atoms with Gasteiger partial charge in [-0.15, -0.1) is 0 Å². The lowest BCUT2D eigenvalue weighted by Crippen LogP contribution is -2.40. The van der Waals surface area contributed by atoms with E-state index in [0.29, 0.717) is 11.6 Å². The maximum atomic E-state index is 12.7. The Labute approximate surface area is 160 Å². The van der Waals surface area contributed by atoms with Gasteiger partial charge in [-0.1, -0.05) is 49.7 Å². The largest absolute Gasteiger partial charge is 0.351 e. The van der Waals surface area contributed by atoms with E-state index < -0.39 is 10.0 Å². The van der Waals surface area contributed by atoms with Crippen molar-refractivity contribution >= 4 is 27.5 Å². The van der Waals surface area contributed by atoms with Crippen LogP contribution in [0.3, 0.4) is 0 Å². The summed E-state index contributed by atoms with van der Waals surface area (Å²) in [5.74, 6) is -0.351. The lowest BCUT2D eigenvalue weighted by molar-refractivity contribution is -0.121. The fourth-order valence-electron chi connectivity index (χ4n) is 2.43. The van der Waals surface area contributed by atoms with Gasteiger partial charge in [0.1, 0.15) is 0 Å². The van der Waals surface area contributed by atoms with E-state index in [1.807, 2.05) is 19.1 Å². The van der Waals surface area contributed by atoms with Crippen LogP contribution in [0.1, 0.15) is 25.0 Å². The minimum Gasteiger partial charge on any atom is -0.351 e. The molecule has 2 aromatic rings. The van der Waals surface area contributed by atoms with Crippen molar-refractivity contribution in [3.63, 3.8) is 0 Å². The molecule has 1 amide bonds. The molecule has 5 nitrogen and oxygen atoms in total. The molecule has 0 aromatic heterocycles. The Hall–Kier alpha value is -1.89. The first kappa shape index (κ1) is 20.4. The molecule has 0 fully saturated rings. The molecule has 26 heavy (non-hydrogen) atoms. The third-order valence-electron chi connectivity index (χ3n) is 4.04. The highest BCUT2D eigenvalue weighted by Gasteiger charge is 2.25. The number of aryl methyl sites for hydroxylation is 1. The second kappa shape index (κ2) is 9.16. The van der Waals surface area contributed by atoms with E-state index in [2.05, 4.69) is 5.32 Å². The minimum absolute atomic E-state index is 0.196. The molecule has 2 rings (SSSR count). The van der Waals surface area contributed by atoms with Gasteiger partial charge in [0.15, 0.2) is 0 Å². The summed E-state index contributed by atoms with van der Waals surface area (Å²) in [5.41, 5.74) is 1.96. The van der Waals surface area contributed by atoms with Crippen LogP contribution in [0.2, 0.25) is 5.02 Å². The zero-order valence-corrected chi connectivity index (χ0v) is 16.5. The third kappa shape index (κ3) is 5.30. The summed E-state index contributed by atoms with van der Waals surface area (Å²) < 4.78 is 26.7. The molecule has 0 unspecified atom stereocenters. The van der Waals surface area contributed by atoms with Crippen molar-refractivity contribution in [3.8, 4) is 0 Å². The Bertz CT molecular complexity index is 834. The van der Waals surface area contributed by atoms with Gasteiger partial charge in [0.05, 0.1) is 11.4 Å². The van der Waals surface area contributed by atoms with E-state index in [0.717, 1.165) is 17.5 Å². The van der Waals surface area contributed by atoms with E-state index >= 15 is 0 Å². The Morgan fingerprint density at radius 2 is 1.58 bits per heavy atom. The van der Waals surface area contributed by atoms with Crippen molar-refractivity contribution in [3.05, 3.63) is 64.7 Å². The van der Waals surface area contributed by atoms with Crippen molar-refractivity contribution in [2.75, 3.05) is 13.1 Å². The summed E-state index contributed by atoms with van der Waals surface area (Å²) in [4.78, 5) is 12.4. The number of likely N-dealkylation sites (N-methyl/N-ethyl adjacent to an activating group) is 1. The molecular weight excluding hydrogens is 372 g/mol. The summed E-state index contributed by atoms with van der Waals surface area (Å²) in [6, 6.07) is 13.9. The number of sulfonamides is 1. The number of carbonyl (C=O) groups is 1. The summed E-state index contributed by atoms with van der Waals surface area (Å²) in [6.07, 6.45) is 0.838. The maximum absolute atomic E-state index is 12.7. The molecule has 0 saturated heterocycles. The van der Waals surface area contributed by atoms with Crippen LogP contribution in [-0.2, 0) is 27.8 Å².